The summed E-state index contributed by atoms with van der Waals surface area (Å²) in [6, 6.07) is 9.68. The van der Waals surface area contributed by atoms with Gasteiger partial charge in [0.2, 0.25) is 0 Å². The molecular weight excluding hydrogens is 503 g/mol. The van der Waals surface area contributed by atoms with Crippen molar-refractivity contribution in [2.75, 3.05) is 52.6 Å². The van der Waals surface area contributed by atoms with Gasteiger partial charge in [0.1, 0.15) is 11.6 Å². The molecule has 0 aromatic heterocycles. The van der Waals surface area contributed by atoms with Crippen molar-refractivity contribution in [2.24, 2.45) is 5.92 Å². The van der Waals surface area contributed by atoms with Crippen LogP contribution >= 0.6 is 0 Å². The molecule has 2 heterocycles. The molecular formula is C30H37FN2O6. The maximum Gasteiger partial charge on any atom is 0.295 e. The van der Waals surface area contributed by atoms with Gasteiger partial charge in [0, 0.05) is 31.7 Å². The number of Topliss-reactive ketones (excluding diaryl/α,β-unsaturated/α-hetero) is 1. The van der Waals surface area contributed by atoms with Crippen LogP contribution < -0.4 is 9.47 Å². The molecule has 39 heavy (non-hydrogen) atoms. The van der Waals surface area contributed by atoms with Gasteiger partial charge in [-0.2, -0.15) is 0 Å². The summed E-state index contributed by atoms with van der Waals surface area (Å²) in [5.74, 6) is -0.723. The van der Waals surface area contributed by atoms with Gasteiger partial charge in [-0.15, -0.1) is 0 Å². The average Bonchev–Trinajstić information content (AvgIpc) is 3.18. The summed E-state index contributed by atoms with van der Waals surface area (Å²) in [5.41, 5.74) is 0.829. The van der Waals surface area contributed by atoms with Crippen LogP contribution in [-0.2, 0) is 14.3 Å². The molecule has 2 aromatic rings. The summed E-state index contributed by atoms with van der Waals surface area (Å²) in [6.07, 6.45) is 0.882. The van der Waals surface area contributed by atoms with Crippen LogP contribution in [0.4, 0.5) is 4.39 Å². The largest absolute Gasteiger partial charge is 0.507 e. The number of hydrogen-bond acceptors (Lipinski definition) is 7. The molecule has 2 aliphatic heterocycles. The summed E-state index contributed by atoms with van der Waals surface area (Å²) in [4.78, 5) is 30.3. The van der Waals surface area contributed by atoms with E-state index in [4.69, 9.17) is 14.2 Å². The molecule has 1 unspecified atom stereocenters. The fraction of sp³-hybridized carbons (Fsp3) is 0.467. The minimum absolute atomic E-state index is 0.0375. The topological polar surface area (TPSA) is 88.5 Å². The number of morpholine rings is 1. The molecule has 0 radical (unpaired) electrons. The van der Waals surface area contributed by atoms with Crippen molar-refractivity contribution in [1.29, 1.82) is 0 Å². The molecule has 0 bridgehead atoms. The minimum atomic E-state index is -0.847. The lowest BCUT2D eigenvalue weighted by molar-refractivity contribution is -0.140. The van der Waals surface area contributed by atoms with Gasteiger partial charge in [0.15, 0.2) is 11.5 Å². The maximum atomic E-state index is 13.6. The van der Waals surface area contributed by atoms with Gasteiger partial charge in [-0.05, 0) is 61.2 Å². The third-order valence-electron chi connectivity index (χ3n) is 6.95. The highest BCUT2D eigenvalue weighted by Gasteiger charge is 2.46. The summed E-state index contributed by atoms with van der Waals surface area (Å²) >= 11 is 0. The van der Waals surface area contributed by atoms with Gasteiger partial charge < -0.3 is 24.2 Å². The Morgan fingerprint density at radius 3 is 2.44 bits per heavy atom. The number of aliphatic hydroxyl groups is 1. The van der Waals surface area contributed by atoms with Gasteiger partial charge in [-0.1, -0.05) is 19.9 Å². The molecule has 0 saturated carbocycles. The second-order valence-corrected chi connectivity index (χ2v) is 10.1. The van der Waals surface area contributed by atoms with Gasteiger partial charge in [-0.3, -0.25) is 14.5 Å². The van der Waals surface area contributed by atoms with E-state index in [1.54, 1.807) is 18.2 Å². The van der Waals surface area contributed by atoms with E-state index in [1.165, 1.54) is 29.2 Å². The van der Waals surface area contributed by atoms with Crippen molar-refractivity contribution in [3.8, 4) is 11.5 Å². The first kappa shape index (κ1) is 28.6. The van der Waals surface area contributed by atoms with E-state index in [9.17, 15) is 19.1 Å². The monoisotopic (exact) mass is 540 g/mol. The zero-order valence-electron chi connectivity index (χ0n) is 22.8. The third-order valence-corrected chi connectivity index (χ3v) is 6.95. The average molecular weight is 541 g/mol. The number of nitrogens with zero attached hydrogens (tertiary/aromatic N) is 2. The summed E-state index contributed by atoms with van der Waals surface area (Å²) in [6.45, 7) is 10.6. The minimum Gasteiger partial charge on any atom is -0.507 e. The van der Waals surface area contributed by atoms with Crippen LogP contribution in [-0.4, -0.2) is 79.2 Å². The quantitative estimate of drug-likeness (QED) is 0.257. The number of hydrogen-bond donors (Lipinski definition) is 1. The Bertz CT molecular complexity index is 1190. The van der Waals surface area contributed by atoms with Crippen molar-refractivity contribution >= 4 is 17.4 Å². The molecule has 0 aliphatic carbocycles. The molecule has 1 amide bonds. The fourth-order valence-corrected chi connectivity index (χ4v) is 4.78. The Labute approximate surface area is 228 Å². The van der Waals surface area contributed by atoms with E-state index in [2.05, 4.69) is 18.7 Å². The first-order chi connectivity index (χ1) is 18.8. The van der Waals surface area contributed by atoms with E-state index in [1.807, 2.05) is 6.92 Å². The molecule has 2 fully saturated rings. The number of rotatable bonds is 11. The van der Waals surface area contributed by atoms with Crippen molar-refractivity contribution in [2.45, 2.75) is 33.2 Å². The number of halogens is 1. The highest BCUT2D eigenvalue weighted by molar-refractivity contribution is 6.46. The van der Waals surface area contributed by atoms with E-state index >= 15 is 0 Å². The first-order valence-electron chi connectivity index (χ1n) is 13.5. The van der Waals surface area contributed by atoms with E-state index < -0.39 is 23.5 Å². The van der Waals surface area contributed by atoms with Gasteiger partial charge in [-0.25, -0.2) is 4.39 Å². The third kappa shape index (κ3) is 6.78. The molecule has 0 spiro atoms. The number of ether oxygens (including phenoxy) is 3. The zero-order valence-corrected chi connectivity index (χ0v) is 22.8. The Morgan fingerprint density at radius 1 is 1.05 bits per heavy atom. The molecule has 2 saturated heterocycles. The normalized spacial score (nSPS) is 19.6. The molecule has 2 aromatic carbocycles. The standard InChI is InChI=1S/C30H37FN2O6/c1-4-38-25-19-22(7-10-24(25)39-16-11-20(2)3)27-26(28(34)21-5-8-23(31)9-6-21)29(35)30(36)33(27)13-12-32-14-17-37-18-15-32/h5-10,19-20,27,34H,4,11-18H2,1-3H3. The van der Waals surface area contributed by atoms with Crippen LogP contribution in [0.15, 0.2) is 48.0 Å². The van der Waals surface area contributed by atoms with E-state index in [0.717, 1.165) is 19.5 Å². The number of ketones is 1. The number of carbonyl (C=O) groups is 2. The van der Waals surface area contributed by atoms with Crippen molar-refractivity contribution in [1.82, 2.24) is 9.80 Å². The lowest BCUT2D eigenvalue weighted by atomic mass is 9.95. The first-order valence-corrected chi connectivity index (χ1v) is 13.5. The fourth-order valence-electron chi connectivity index (χ4n) is 4.78. The second kappa shape index (κ2) is 13.1. The lowest BCUT2D eigenvalue weighted by Crippen LogP contribution is -2.42. The molecule has 2 aliphatic rings. The highest BCUT2D eigenvalue weighted by Crippen LogP contribution is 2.42. The van der Waals surface area contributed by atoms with E-state index in [0.29, 0.717) is 56.0 Å². The molecule has 4 rings (SSSR count). The predicted octanol–water partition coefficient (Wildman–Crippen LogP) is 4.40. The molecule has 1 N–H and O–H groups in total. The maximum absolute atomic E-state index is 13.6. The Morgan fingerprint density at radius 2 is 1.77 bits per heavy atom. The van der Waals surface area contributed by atoms with Crippen LogP contribution in [0.2, 0.25) is 0 Å². The van der Waals surface area contributed by atoms with Gasteiger partial charge in [0.05, 0.1) is 38.0 Å². The summed E-state index contributed by atoms with van der Waals surface area (Å²) < 4.78 is 30.9. The van der Waals surface area contributed by atoms with Gasteiger partial charge >= 0.3 is 0 Å². The van der Waals surface area contributed by atoms with Crippen LogP contribution in [0.25, 0.3) is 5.76 Å². The SMILES string of the molecule is CCOc1cc(C2C(=C(O)c3ccc(F)cc3)C(=O)C(=O)N2CCN2CCOCC2)ccc1OCCC(C)C. The number of aliphatic hydroxyl groups excluding tert-OH is 1. The van der Waals surface area contributed by atoms with Crippen LogP contribution in [0.5, 0.6) is 11.5 Å². The Hall–Kier alpha value is -3.43. The molecule has 210 valence electrons. The summed E-state index contributed by atoms with van der Waals surface area (Å²) in [7, 11) is 0. The van der Waals surface area contributed by atoms with Crippen molar-refractivity contribution in [3.05, 3.63) is 65.0 Å². The molecule has 9 heteroatoms. The van der Waals surface area contributed by atoms with E-state index in [-0.39, 0.29) is 23.4 Å². The summed E-state index contributed by atoms with van der Waals surface area (Å²) in [5, 5.41) is 11.2. The van der Waals surface area contributed by atoms with Crippen LogP contribution in [0, 0.1) is 11.7 Å². The molecule has 8 nitrogen and oxygen atoms in total. The van der Waals surface area contributed by atoms with Gasteiger partial charge in [0.25, 0.3) is 11.7 Å². The zero-order chi connectivity index (χ0) is 27.9. The number of amides is 1. The Balaban J connectivity index is 1.73. The van der Waals surface area contributed by atoms with Crippen molar-refractivity contribution < 1.29 is 33.3 Å². The second-order valence-electron chi connectivity index (χ2n) is 10.1. The number of benzene rings is 2. The smallest absolute Gasteiger partial charge is 0.295 e. The predicted molar refractivity (Wildman–Crippen MR) is 145 cm³/mol. The lowest BCUT2D eigenvalue weighted by Gasteiger charge is -2.31. The Kier molecular flexibility index (Phi) is 9.59. The van der Waals surface area contributed by atoms with Crippen LogP contribution in [0.1, 0.15) is 44.4 Å². The highest BCUT2D eigenvalue weighted by atomic mass is 19.1. The number of likely N-dealkylation sites (tertiary alicyclic amines) is 1. The van der Waals surface area contributed by atoms with Crippen LogP contribution in [0.3, 0.4) is 0 Å². The molecule has 1 atom stereocenters. The van der Waals surface area contributed by atoms with Crippen molar-refractivity contribution in [3.63, 3.8) is 0 Å². The number of carbonyl (C=O) groups excluding carboxylic acids is 2.